The summed E-state index contributed by atoms with van der Waals surface area (Å²) in [5.41, 5.74) is 1.14. The summed E-state index contributed by atoms with van der Waals surface area (Å²) in [5, 5.41) is 13.0. The summed E-state index contributed by atoms with van der Waals surface area (Å²) in [6.07, 6.45) is -0.536. The number of aliphatic hydroxyl groups is 1. The average Bonchev–Trinajstić information content (AvgIpc) is 2.82. The van der Waals surface area contributed by atoms with Gasteiger partial charge in [-0.15, -0.1) is 11.3 Å². The lowest BCUT2D eigenvalue weighted by atomic mass is 10.2. The van der Waals surface area contributed by atoms with Crippen LogP contribution in [0.25, 0.3) is 0 Å². The fourth-order valence-electron chi connectivity index (χ4n) is 1.77. The van der Waals surface area contributed by atoms with Crippen molar-refractivity contribution in [2.45, 2.75) is 19.6 Å². The minimum Gasteiger partial charge on any atom is -0.491 e. The van der Waals surface area contributed by atoms with E-state index in [2.05, 4.69) is 5.32 Å². The van der Waals surface area contributed by atoms with Crippen molar-refractivity contribution >= 4 is 22.9 Å². The third-order valence-corrected chi connectivity index (χ3v) is 3.97. The topological polar surface area (TPSA) is 41.5 Å². The van der Waals surface area contributed by atoms with E-state index in [1.165, 1.54) is 0 Å². The second-order valence-electron chi connectivity index (χ2n) is 4.62. The Morgan fingerprint density at radius 1 is 1.35 bits per heavy atom. The molecule has 2 aromatic rings. The molecule has 2 N–H and O–H groups in total. The zero-order valence-electron chi connectivity index (χ0n) is 11.3. The second-order valence-corrected chi connectivity index (χ2v) is 6.42. The lowest BCUT2D eigenvalue weighted by Crippen LogP contribution is -2.30. The highest BCUT2D eigenvalue weighted by atomic mass is 35.5. The maximum atomic E-state index is 9.85. The van der Waals surface area contributed by atoms with Crippen LogP contribution in [0.5, 0.6) is 5.75 Å². The van der Waals surface area contributed by atoms with Crippen LogP contribution in [0.2, 0.25) is 4.34 Å². The molecule has 108 valence electrons. The number of nitrogens with one attached hydrogen (secondary N) is 1. The van der Waals surface area contributed by atoms with Gasteiger partial charge in [0.2, 0.25) is 0 Å². The zero-order valence-corrected chi connectivity index (χ0v) is 12.9. The Bertz CT molecular complexity index is 544. The minimum atomic E-state index is -0.536. The van der Waals surface area contributed by atoms with Crippen molar-refractivity contribution in [2.75, 3.05) is 13.2 Å². The number of hydrogen-bond donors (Lipinski definition) is 2. The Balaban J connectivity index is 1.66. The van der Waals surface area contributed by atoms with Crippen molar-refractivity contribution in [1.29, 1.82) is 0 Å². The maximum absolute atomic E-state index is 9.85. The molecule has 1 unspecified atom stereocenters. The molecule has 1 aromatic heterocycles. The van der Waals surface area contributed by atoms with Crippen LogP contribution in [0, 0.1) is 6.92 Å². The normalized spacial score (nSPS) is 12.3. The Morgan fingerprint density at radius 3 is 2.90 bits per heavy atom. The van der Waals surface area contributed by atoms with Gasteiger partial charge in [0.25, 0.3) is 0 Å². The van der Waals surface area contributed by atoms with Crippen molar-refractivity contribution in [3.05, 3.63) is 51.2 Å². The van der Waals surface area contributed by atoms with Crippen LogP contribution in [0.3, 0.4) is 0 Å². The molecular weight excluding hydrogens is 294 g/mol. The fraction of sp³-hybridized carbons (Fsp3) is 0.333. The van der Waals surface area contributed by atoms with Crippen LogP contribution in [0.1, 0.15) is 10.4 Å². The molecule has 0 aliphatic heterocycles. The van der Waals surface area contributed by atoms with Crippen molar-refractivity contribution in [3.63, 3.8) is 0 Å². The number of halogens is 1. The number of thiophene rings is 1. The number of ether oxygens (including phenoxy) is 1. The Hall–Kier alpha value is -1.07. The summed E-state index contributed by atoms with van der Waals surface area (Å²) in [5.74, 6) is 0.786. The van der Waals surface area contributed by atoms with Crippen molar-refractivity contribution in [2.24, 2.45) is 0 Å². The van der Waals surface area contributed by atoms with Gasteiger partial charge in [0.15, 0.2) is 0 Å². The average molecular weight is 312 g/mol. The quantitative estimate of drug-likeness (QED) is 0.825. The summed E-state index contributed by atoms with van der Waals surface area (Å²) < 4.78 is 6.33. The van der Waals surface area contributed by atoms with Gasteiger partial charge in [0, 0.05) is 18.0 Å². The largest absolute Gasteiger partial charge is 0.491 e. The molecule has 0 saturated carbocycles. The van der Waals surface area contributed by atoms with E-state index in [4.69, 9.17) is 16.3 Å². The third-order valence-electron chi connectivity index (χ3n) is 2.74. The molecule has 0 bridgehead atoms. The van der Waals surface area contributed by atoms with E-state index in [9.17, 15) is 5.11 Å². The predicted molar refractivity (Wildman–Crippen MR) is 83.7 cm³/mol. The van der Waals surface area contributed by atoms with E-state index in [0.717, 1.165) is 20.5 Å². The van der Waals surface area contributed by atoms with Gasteiger partial charge < -0.3 is 15.2 Å². The summed E-state index contributed by atoms with van der Waals surface area (Å²) in [6, 6.07) is 11.7. The molecule has 5 heteroatoms. The maximum Gasteiger partial charge on any atom is 0.119 e. The first-order valence-electron chi connectivity index (χ1n) is 6.46. The number of rotatable bonds is 7. The van der Waals surface area contributed by atoms with Crippen LogP contribution in [-0.4, -0.2) is 24.4 Å². The lowest BCUT2D eigenvalue weighted by molar-refractivity contribution is 0.106. The second kappa shape index (κ2) is 7.64. The number of aliphatic hydroxyl groups excluding tert-OH is 1. The highest BCUT2D eigenvalue weighted by Crippen LogP contribution is 2.20. The highest BCUT2D eigenvalue weighted by Gasteiger charge is 2.06. The standard InChI is InChI=1S/C15H18ClNO2S/c1-11-3-2-4-13(7-11)19-10-12(18)8-17-9-14-5-6-15(16)20-14/h2-7,12,17-18H,8-10H2,1H3. The molecule has 0 radical (unpaired) electrons. The van der Waals surface area contributed by atoms with Gasteiger partial charge in [-0.1, -0.05) is 23.7 Å². The SMILES string of the molecule is Cc1cccc(OCC(O)CNCc2ccc(Cl)s2)c1. The van der Waals surface area contributed by atoms with Gasteiger partial charge in [-0.25, -0.2) is 0 Å². The lowest BCUT2D eigenvalue weighted by Gasteiger charge is -2.13. The van der Waals surface area contributed by atoms with Crippen LogP contribution >= 0.6 is 22.9 Å². The molecule has 3 nitrogen and oxygen atoms in total. The van der Waals surface area contributed by atoms with Gasteiger partial charge in [0.05, 0.1) is 4.34 Å². The molecule has 20 heavy (non-hydrogen) atoms. The van der Waals surface area contributed by atoms with Crippen LogP contribution < -0.4 is 10.1 Å². The highest BCUT2D eigenvalue weighted by molar-refractivity contribution is 7.16. The van der Waals surface area contributed by atoms with E-state index in [1.807, 2.05) is 43.3 Å². The van der Waals surface area contributed by atoms with Crippen molar-refractivity contribution in [3.8, 4) is 5.75 Å². The molecule has 0 saturated heterocycles. The van der Waals surface area contributed by atoms with Crippen LogP contribution in [0.4, 0.5) is 0 Å². The summed E-state index contributed by atoms with van der Waals surface area (Å²) in [6.45, 7) is 3.48. The van der Waals surface area contributed by atoms with Gasteiger partial charge in [-0.3, -0.25) is 0 Å². The van der Waals surface area contributed by atoms with Crippen LogP contribution in [0.15, 0.2) is 36.4 Å². The van der Waals surface area contributed by atoms with Crippen molar-refractivity contribution in [1.82, 2.24) is 5.32 Å². The first-order chi connectivity index (χ1) is 9.63. The van der Waals surface area contributed by atoms with Crippen LogP contribution in [-0.2, 0) is 6.54 Å². The summed E-state index contributed by atoms with van der Waals surface area (Å²) >= 11 is 7.39. The summed E-state index contributed by atoms with van der Waals surface area (Å²) in [7, 11) is 0. The first kappa shape index (κ1) is 15.3. The Morgan fingerprint density at radius 2 is 2.20 bits per heavy atom. The van der Waals surface area contributed by atoms with Crippen molar-refractivity contribution < 1.29 is 9.84 Å². The molecule has 1 heterocycles. The molecule has 0 amide bonds. The Labute approximate surface area is 128 Å². The van der Waals surface area contributed by atoms with E-state index in [-0.39, 0.29) is 6.61 Å². The molecule has 1 aromatic carbocycles. The Kier molecular flexibility index (Phi) is 5.86. The van der Waals surface area contributed by atoms with Gasteiger partial charge in [-0.2, -0.15) is 0 Å². The molecule has 2 rings (SSSR count). The van der Waals surface area contributed by atoms with E-state index in [1.54, 1.807) is 11.3 Å². The van der Waals surface area contributed by atoms with E-state index in [0.29, 0.717) is 13.1 Å². The monoisotopic (exact) mass is 311 g/mol. The number of aryl methyl sites for hydroxylation is 1. The fourth-order valence-corrected chi connectivity index (χ4v) is 2.82. The molecular formula is C15H18ClNO2S. The molecule has 0 spiro atoms. The molecule has 0 fully saturated rings. The van der Waals surface area contributed by atoms with Gasteiger partial charge in [0.1, 0.15) is 18.5 Å². The molecule has 1 atom stereocenters. The predicted octanol–water partition coefficient (Wildman–Crippen LogP) is 3.24. The zero-order chi connectivity index (χ0) is 14.4. The first-order valence-corrected chi connectivity index (χ1v) is 7.65. The molecule has 0 aliphatic carbocycles. The minimum absolute atomic E-state index is 0.279. The van der Waals surface area contributed by atoms with E-state index < -0.39 is 6.10 Å². The van der Waals surface area contributed by atoms with Gasteiger partial charge in [-0.05, 0) is 36.8 Å². The summed E-state index contributed by atoms with van der Waals surface area (Å²) in [4.78, 5) is 1.15. The van der Waals surface area contributed by atoms with Gasteiger partial charge >= 0.3 is 0 Å². The molecule has 0 aliphatic rings. The smallest absolute Gasteiger partial charge is 0.119 e. The third kappa shape index (κ3) is 5.13. The number of hydrogen-bond acceptors (Lipinski definition) is 4. The number of benzene rings is 1. The van der Waals surface area contributed by atoms with E-state index >= 15 is 0 Å².